The zero-order valence-corrected chi connectivity index (χ0v) is 18.4. The minimum atomic E-state index is -1.08. The second kappa shape index (κ2) is 8.35. The van der Waals surface area contributed by atoms with E-state index in [-0.39, 0.29) is 11.9 Å². The van der Waals surface area contributed by atoms with Gasteiger partial charge in [-0.15, -0.1) is 0 Å². The molecule has 0 spiro atoms. The van der Waals surface area contributed by atoms with Gasteiger partial charge in [-0.25, -0.2) is 14.6 Å². The first-order chi connectivity index (χ1) is 15.2. The predicted molar refractivity (Wildman–Crippen MR) is 122 cm³/mol. The second-order valence-electron chi connectivity index (χ2n) is 8.20. The van der Waals surface area contributed by atoms with Crippen LogP contribution in [0.2, 0.25) is 0 Å². The van der Waals surface area contributed by atoms with Gasteiger partial charge in [-0.2, -0.15) is 5.10 Å². The van der Waals surface area contributed by atoms with Crippen LogP contribution in [0.15, 0.2) is 55.1 Å². The summed E-state index contributed by atoms with van der Waals surface area (Å²) < 4.78 is 1.68. The Kier molecular flexibility index (Phi) is 5.58. The number of nitrogens with zero attached hydrogens (tertiary/aromatic N) is 5. The highest BCUT2D eigenvalue weighted by atomic mass is 16.3. The van der Waals surface area contributed by atoms with Gasteiger partial charge < -0.3 is 15.7 Å². The zero-order chi connectivity index (χ0) is 22.9. The van der Waals surface area contributed by atoms with E-state index in [1.165, 1.54) is 6.20 Å². The summed E-state index contributed by atoms with van der Waals surface area (Å²) in [6, 6.07) is 9.14. The van der Waals surface area contributed by atoms with Gasteiger partial charge in [0.1, 0.15) is 11.3 Å². The molecule has 4 rings (SSSR count). The maximum absolute atomic E-state index is 12.7. The van der Waals surface area contributed by atoms with Gasteiger partial charge in [0.15, 0.2) is 5.65 Å². The van der Waals surface area contributed by atoms with E-state index in [0.717, 1.165) is 11.1 Å². The predicted octanol–water partition coefficient (Wildman–Crippen LogP) is 3.41. The Morgan fingerprint density at radius 3 is 2.75 bits per heavy atom. The summed E-state index contributed by atoms with van der Waals surface area (Å²) in [6.45, 7) is 5.31. The minimum absolute atomic E-state index is 0.0768. The van der Waals surface area contributed by atoms with E-state index in [1.807, 2.05) is 38.2 Å². The van der Waals surface area contributed by atoms with E-state index in [9.17, 15) is 9.90 Å². The maximum atomic E-state index is 12.7. The molecule has 0 radical (unpaired) electrons. The topological polar surface area (TPSA) is 118 Å². The fourth-order valence-corrected chi connectivity index (χ4v) is 3.28. The van der Waals surface area contributed by atoms with E-state index >= 15 is 0 Å². The van der Waals surface area contributed by atoms with Crippen molar-refractivity contribution in [2.24, 2.45) is 7.05 Å². The SMILES string of the molecule is C[C@H](Nc1cnc2cnn(C)c2n1)c1cccc(NC(=O)c2cncc(C(C)(C)O)c2)c1. The first-order valence-corrected chi connectivity index (χ1v) is 10.2. The number of benzene rings is 1. The summed E-state index contributed by atoms with van der Waals surface area (Å²) in [7, 11) is 1.82. The van der Waals surface area contributed by atoms with Crippen molar-refractivity contribution in [3.8, 4) is 0 Å². The monoisotopic (exact) mass is 431 g/mol. The van der Waals surface area contributed by atoms with Gasteiger partial charge in [0.25, 0.3) is 5.91 Å². The highest BCUT2D eigenvalue weighted by Gasteiger charge is 2.18. The van der Waals surface area contributed by atoms with Crippen LogP contribution in [0, 0.1) is 0 Å². The molecule has 0 aliphatic rings. The van der Waals surface area contributed by atoms with Crippen molar-refractivity contribution in [2.45, 2.75) is 32.4 Å². The standard InChI is InChI=1S/C23H25N7O2/c1-14(27-20-13-25-19-12-26-30(4)21(19)29-20)15-6-5-7-18(9-15)28-22(31)16-8-17(11-24-10-16)23(2,3)32/h5-14,32H,1-4H3,(H,27,29)(H,28,31)/t14-/m0/s1. The van der Waals surface area contributed by atoms with Crippen LogP contribution in [0.4, 0.5) is 11.5 Å². The molecule has 9 nitrogen and oxygen atoms in total. The Labute approximate surface area is 185 Å². The lowest BCUT2D eigenvalue weighted by Gasteiger charge is -2.18. The molecular weight excluding hydrogens is 406 g/mol. The molecule has 0 bridgehead atoms. The number of hydrogen-bond acceptors (Lipinski definition) is 7. The van der Waals surface area contributed by atoms with Gasteiger partial charge in [-0.1, -0.05) is 12.1 Å². The summed E-state index contributed by atoms with van der Waals surface area (Å²) in [5.41, 5.74) is 2.93. The molecule has 1 atom stereocenters. The molecule has 3 aromatic heterocycles. The Balaban J connectivity index is 1.49. The van der Waals surface area contributed by atoms with Gasteiger partial charge >= 0.3 is 0 Å². The van der Waals surface area contributed by atoms with E-state index in [1.54, 1.807) is 43.2 Å². The molecule has 9 heteroatoms. The molecule has 0 fully saturated rings. The Hall–Kier alpha value is -3.85. The molecular formula is C23H25N7O2. The summed E-state index contributed by atoms with van der Waals surface area (Å²) in [4.78, 5) is 25.7. The van der Waals surface area contributed by atoms with Crippen molar-refractivity contribution in [3.05, 3.63) is 71.8 Å². The van der Waals surface area contributed by atoms with Crippen molar-refractivity contribution in [1.82, 2.24) is 24.7 Å². The summed E-state index contributed by atoms with van der Waals surface area (Å²) in [6.07, 6.45) is 6.38. The minimum Gasteiger partial charge on any atom is -0.386 e. The molecule has 1 amide bonds. The number of pyridine rings is 1. The first-order valence-electron chi connectivity index (χ1n) is 10.2. The van der Waals surface area contributed by atoms with Crippen LogP contribution in [0.25, 0.3) is 11.2 Å². The summed E-state index contributed by atoms with van der Waals surface area (Å²) in [5.74, 6) is 0.339. The molecule has 3 heterocycles. The van der Waals surface area contributed by atoms with Crippen LogP contribution in [0.5, 0.6) is 0 Å². The maximum Gasteiger partial charge on any atom is 0.257 e. The van der Waals surface area contributed by atoms with Crippen LogP contribution in [0.3, 0.4) is 0 Å². The number of aliphatic hydroxyl groups is 1. The normalized spacial score (nSPS) is 12.5. The lowest BCUT2D eigenvalue weighted by molar-refractivity contribution is 0.0781. The second-order valence-corrected chi connectivity index (χ2v) is 8.20. The first kappa shape index (κ1) is 21.4. The molecule has 0 saturated heterocycles. The lowest BCUT2D eigenvalue weighted by Crippen LogP contribution is -2.18. The molecule has 32 heavy (non-hydrogen) atoms. The number of carbonyl (C=O) groups is 1. The van der Waals surface area contributed by atoms with Crippen molar-refractivity contribution >= 4 is 28.6 Å². The average molecular weight is 432 g/mol. The number of anilines is 2. The third-order valence-electron chi connectivity index (χ3n) is 5.16. The van der Waals surface area contributed by atoms with Gasteiger partial charge in [0.05, 0.1) is 29.6 Å². The van der Waals surface area contributed by atoms with Crippen LogP contribution in [-0.2, 0) is 12.6 Å². The molecule has 0 aliphatic carbocycles. The lowest BCUT2D eigenvalue weighted by atomic mass is 9.99. The third-order valence-corrected chi connectivity index (χ3v) is 5.16. The van der Waals surface area contributed by atoms with E-state index in [2.05, 4.69) is 30.7 Å². The number of aromatic nitrogens is 5. The largest absolute Gasteiger partial charge is 0.386 e. The van der Waals surface area contributed by atoms with Crippen LogP contribution in [0.1, 0.15) is 48.3 Å². The molecule has 0 aliphatic heterocycles. The number of amides is 1. The van der Waals surface area contributed by atoms with Gasteiger partial charge in [-0.05, 0) is 44.5 Å². The highest BCUT2D eigenvalue weighted by molar-refractivity contribution is 6.04. The molecule has 164 valence electrons. The Bertz CT molecular complexity index is 1280. The number of hydrogen-bond donors (Lipinski definition) is 3. The number of carbonyl (C=O) groups excluding carboxylic acids is 1. The average Bonchev–Trinajstić information content (AvgIpc) is 3.13. The van der Waals surface area contributed by atoms with Crippen molar-refractivity contribution in [3.63, 3.8) is 0 Å². The number of rotatable bonds is 6. The fraction of sp³-hybridized carbons (Fsp3) is 0.261. The van der Waals surface area contributed by atoms with Crippen molar-refractivity contribution in [2.75, 3.05) is 10.6 Å². The van der Waals surface area contributed by atoms with Crippen LogP contribution in [-0.4, -0.2) is 35.7 Å². The molecule has 0 saturated carbocycles. The van der Waals surface area contributed by atoms with E-state index < -0.39 is 5.60 Å². The Morgan fingerprint density at radius 2 is 1.97 bits per heavy atom. The van der Waals surface area contributed by atoms with E-state index in [0.29, 0.717) is 28.3 Å². The molecule has 4 aromatic rings. The molecule has 3 N–H and O–H groups in total. The van der Waals surface area contributed by atoms with E-state index in [4.69, 9.17) is 0 Å². The van der Waals surface area contributed by atoms with Crippen LogP contribution >= 0.6 is 0 Å². The van der Waals surface area contributed by atoms with Gasteiger partial charge in [-0.3, -0.25) is 9.78 Å². The van der Waals surface area contributed by atoms with Crippen molar-refractivity contribution < 1.29 is 9.90 Å². The fourth-order valence-electron chi connectivity index (χ4n) is 3.28. The summed E-state index contributed by atoms with van der Waals surface area (Å²) >= 11 is 0. The Morgan fingerprint density at radius 1 is 1.16 bits per heavy atom. The quantitative estimate of drug-likeness (QED) is 0.428. The molecule has 1 aromatic carbocycles. The number of nitrogens with one attached hydrogen (secondary N) is 2. The number of aryl methyl sites for hydroxylation is 1. The molecule has 0 unspecified atom stereocenters. The third kappa shape index (κ3) is 4.57. The number of fused-ring (bicyclic) bond motifs is 1. The van der Waals surface area contributed by atoms with Gasteiger partial charge in [0, 0.05) is 30.7 Å². The zero-order valence-electron chi connectivity index (χ0n) is 18.4. The van der Waals surface area contributed by atoms with Gasteiger partial charge in [0.2, 0.25) is 0 Å². The summed E-state index contributed by atoms with van der Waals surface area (Å²) in [5, 5.41) is 20.6. The van der Waals surface area contributed by atoms with Crippen LogP contribution < -0.4 is 10.6 Å². The van der Waals surface area contributed by atoms with Crippen molar-refractivity contribution in [1.29, 1.82) is 0 Å². The smallest absolute Gasteiger partial charge is 0.257 e. The highest BCUT2D eigenvalue weighted by Crippen LogP contribution is 2.23.